The van der Waals surface area contributed by atoms with Crippen molar-refractivity contribution in [1.29, 1.82) is 0 Å². The van der Waals surface area contributed by atoms with Gasteiger partial charge in [0, 0.05) is 30.2 Å². The van der Waals surface area contributed by atoms with Gasteiger partial charge in [-0.1, -0.05) is 0 Å². The smallest absolute Gasteiger partial charge is 0.408 e. The molecule has 0 fully saturated rings. The number of hydrogen-bond acceptors (Lipinski definition) is 6. The number of nitrogens with one attached hydrogen (secondary N) is 1. The lowest BCUT2D eigenvalue weighted by molar-refractivity contribution is -0.142. The monoisotopic (exact) mass is 409 g/mol. The predicted octanol–water partition coefficient (Wildman–Crippen LogP) is 2.93. The summed E-state index contributed by atoms with van der Waals surface area (Å²) in [7, 11) is 1.54. The molecule has 3 aromatic rings. The Morgan fingerprint density at radius 1 is 1.39 bits per heavy atom. The maximum absolute atomic E-state index is 12.8. The van der Waals surface area contributed by atoms with E-state index in [4.69, 9.17) is 4.74 Å². The van der Waals surface area contributed by atoms with Gasteiger partial charge in [0.15, 0.2) is 5.82 Å². The number of amides is 1. The Labute approximate surface area is 161 Å². The van der Waals surface area contributed by atoms with E-state index < -0.39 is 12.7 Å². The zero-order valence-corrected chi connectivity index (χ0v) is 15.4. The molecule has 1 aliphatic heterocycles. The molecule has 0 aliphatic carbocycles. The largest absolute Gasteiger partial charge is 0.493 e. The fraction of sp³-hybridized carbons (Fsp3) is 0.294. The first-order valence-corrected chi connectivity index (χ1v) is 9.07. The molecule has 4 rings (SSSR count). The van der Waals surface area contributed by atoms with Crippen molar-refractivity contribution < 1.29 is 22.7 Å². The molecule has 2 aromatic heterocycles. The summed E-state index contributed by atoms with van der Waals surface area (Å²) in [6.45, 7) is -0.923. The highest BCUT2D eigenvalue weighted by atomic mass is 32.1. The van der Waals surface area contributed by atoms with Gasteiger partial charge in [0.25, 0.3) is 5.91 Å². The predicted molar refractivity (Wildman–Crippen MR) is 95.2 cm³/mol. The van der Waals surface area contributed by atoms with Gasteiger partial charge in [-0.15, -0.1) is 0 Å². The second-order valence-electron chi connectivity index (χ2n) is 6.08. The Bertz CT molecular complexity index is 1040. The highest BCUT2D eigenvalue weighted by Gasteiger charge is 2.32. The van der Waals surface area contributed by atoms with Crippen LogP contribution < -0.4 is 10.1 Å². The van der Waals surface area contributed by atoms with Gasteiger partial charge < -0.3 is 10.1 Å². The molecule has 0 saturated heterocycles. The van der Waals surface area contributed by atoms with Gasteiger partial charge >= 0.3 is 6.18 Å². The minimum Gasteiger partial charge on any atom is -0.493 e. The van der Waals surface area contributed by atoms with Crippen LogP contribution in [0.4, 0.5) is 13.2 Å². The molecule has 28 heavy (non-hydrogen) atoms. The van der Waals surface area contributed by atoms with E-state index in [0.29, 0.717) is 40.5 Å². The summed E-state index contributed by atoms with van der Waals surface area (Å²) in [6.07, 6.45) is -2.86. The number of ether oxygens (including phenoxy) is 1. The average Bonchev–Trinajstić information content (AvgIpc) is 3.21. The van der Waals surface area contributed by atoms with E-state index in [0.717, 1.165) is 28.1 Å². The number of carbonyl (C=O) groups is 1. The Kier molecular flexibility index (Phi) is 4.53. The summed E-state index contributed by atoms with van der Waals surface area (Å²) in [4.78, 5) is 16.4. The number of alkyl halides is 3. The van der Waals surface area contributed by atoms with Gasteiger partial charge in [0.05, 0.1) is 17.2 Å². The molecule has 0 atom stereocenters. The second kappa shape index (κ2) is 6.89. The van der Waals surface area contributed by atoms with E-state index in [1.807, 2.05) is 0 Å². The zero-order valence-electron chi connectivity index (χ0n) is 14.6. The number of fused-ring (bicyclic) bond motifs is 3. The fourth-order valence-electron chi connectivity index (χ4n) is 3.04. The number of nitrogens with zero attached hydrogens (tertiary/aromatic N) is 4. The molecule has 7 nitrogen and oxygen atoms in total. The molecule has 0 saturated carbocycles. The third-order valence-corrected chi connectivity index (χ3v) is 5.16. The van der Waals surface area contributed by atoms with Crippen LogP contribution in [0.25, 0.3) is 22.0 Å². The van der Waals surface area contributed by atoms with Crippen molar-refractivity contribution >= 4 is 17.4 Å². The van der Waals surface area contributed by atoms with Gasteiger partial charge in [-0.25, -0.2) is 9.67 Å². The summed E-state index contributed by atoms with van der Waals surface area (Å²) >= 11 is 1.08. The first kappa shape index (κ1) is 18.4. The molecule has 0 radical (unpaired) electrons. The van der Waals surface area contributed by atoms with E-state index in [2.05, 4.69) is 19.8 Å². The van der Waals surface area contributed by atoms with Crippen LogP contribution in [0.1, 0.15) is 15.9 Å². The molecule has 0 bridgehead atoms. The Hall–Kier alpha value is -2.95. The second-order valence-corrected chi connectivity index (χ2v) is 6.86. The number of carbonyl (C=O) groups excluding carboxylic acids is 1. The fourth-order valence-corrected chi connectivity index (χ4v) is 3.98. The molecule has 0 spiro atoms. The molecular formula is C17H14F3N5O2S. The Balaban J connectivity index is 1.77. The Morgan fingerprint density at radius 2 is 2.21 bits per heavy atom. The van der Waals surface area contributed by atoms with Gasteiger partial charge in [0.2, 0.25) is 0 Å². The van der Waals surface area contributed by atoms with Crippen LogP contribution in [-0.2, 0) is 13.0 Å². The maximum Gasteiger partial charge on any atom is 0.408 e. The number of benzene rings is 1. The van der Waals surface area contributed by atoms with Crippen molar-refractivity contribution in [1.82, 2.24) is 24.5 Å². The third kappa shape index (κ3) is 3.33. The first-order chi connectivity index (χ1) is 13.4. The first-order valence-electron chi connectivity index (χ1n) is 8.30. The quantitative estimate of drug-likeness (QED) is 0.719. The summed E-state index contributed by atoms with van der Waals surface area (Å²) in [5, 5.41) is 6.26. The topological polar surface area (TPSA) is 81.9 Å². The minimum absolute atomic E-state index is 0.126. The van der Waals surface area contributed by atoms with Crippen LogP contribution in [0.3, 0.4) is 0 Å². The van der Waals surface area contributed by atoms with Crippen LogP contribution >= 0.6 is 11.5 Å². The van der Waals surface area contributed by atoms with Gasteiger partial charge in [-0.3, -0.25) is 4.79 Å². The number of rotatable bonds is 3. The van der Waals surface area contributed by atoms with Gasteiger partial charge in [-0.05, 0) is 29.7 Å². The summed E-state index contributed by atoms with van der Waals surface area (Å²) < 4.78 is 49.5. The van der Waals surface area contributed by atoms with Crippen molar-refractivity contribution in [2.75, 3.05) is 13.7 Å². The maximum atomic E-state index is 12.8. The Morgan fingerprint density at radius 3 is 2.96 bits per heavy atom. The highest BCUT2D eigenvalue weighted by Crippen LogP contribution is 2.41. The normalized spacial score (nSPS) is 13.3. The van der Waals surface area contributed by atoms with Crippen LogP contribution in [-0.4, -0.2) is 44.9 Å². The van der Waals surface area contributed by atoms with Crippen molar-refractivity contribution in [3.63, 3.8) is 0 Å². The SMILES string of the molecule is CNC(=O)c1ccc2c(c1)OCCc1c-2nsc1-c1ncnn1CC(F)(F)F. The van der Waals surface area contributed by atoms with Gasteiger partial charge in [0.1, 0.15) is 18.6 Å². The molecule has 11 heteroatoms. The zero-order chi connectivity index (χ0) is 19.9. The average molecular weight is 409 g/mol. The molecule has 1 amide bonds. The van der Waals surface area contributed by atoms with E-state index >= 15 is 0 Å². The molecular weight excluding hydrogens is 395 g/mol. The number of aromatic nitrogens is 4. The van der Waals surface area contributed by atoms with E-state index in [9.17, 15) is 18.0 Å². The molecule has 1 N–H and O–H groups in total. The van der Waals surface area contributed by atoms with Gasteiger partial charge in [-0.2, -0.15) is 22.6 Å². The lowest BCUT2D eigenvalue weighted by Crippen LogP contribution is -2.19. The summed E-state index contributed by atoms with van der Waals surface area (Å²) in [5.41, 5.74) is 2.51. The van der Waals surface area contributed by atoms with Crippen molar-refractivity contribution in [2.24, 2.45) is 0 Å². The third-order valence-electron chi connectivity index (χ3n) is 4.27. The lowest BCUT2D eigenvalue weighted by Gasteiger charge is -2.09. The van der Waals surface area contributed by atoms with Crippen LogP contribution in [0.5, 0.6) is 5.75 Å². The van der Waals surface area contributed by atoms with E-state index in [1.54, 1.807) is 18.2 Å². The molecule has 3 heterocycles. The molecule has 146 valence electrons. The number of halogens is 3. The molecule has 1 aliphatic rings. The molecule has 1 aromatic carbocycles. The summed E-state index contributed by atoms with van der Waals surface area (Å²) in [6, 6.07) is 5.02. The molecule has 0 unspecified atom stereocenters. The highest BCUT2D eigenvalue weighted by molar-refractivity contribution is 7.10. The lowest BCUT2D eigenvalue weighted by atomic mass is 10.0. The van der Waals surface area contributed by atoms with E-state index in [1.165, 1.54) is 7.05 Å². The number of hydrogen-bond donors (Lipinski definition) is 1. The van der Waals surface area contributed by atoms with Crippen molar-refractivity contribution in [3.8, 4) is 27.7 Å². The minimum atomic E-state index is -4.41. The van der Waals surface area contributed by atoms with Crippen molar-refractivity contribution in [3.05, 3.63) is 35.7 Å². The van der Waals surface area contributed by atoms with Crippen molar-refractivity contribution in [2.45, 2.75) is 19.1 Å². The standard InChI is InChI=1S/C17H14F3N5O2S/c1-21-16(26)9-2-3-10-12(6-9)27-5-4-11-13(10)24-28-14(11)15-22-8-23-25(15)7-17(18,19)20/h2-3,6,8H,4-5,7H2,1H3,(H,21,26). The van der Waals surface area contributed by atoms with E-state index in [-0.39, 0.29) is 11.7 Å². The van der Waals surface area contributed by atoms with Crippen LogP contribution in [0.15, 0.2) is 24.5 Å². The summed E-state index contributed by atoms with van der Waals surface area (Å²) in [5.74, 6) is 0.394. The van der Waals surface area contributed by atoms with Crippen LogP contribution in [0, 0.1) is 0 Å². The van der Waals surface area contributed by atoms with Crippen LogP contribution in [0.2, 0.25) is 0 Å².